The molecule has 2 atom stereocenters. The van der Waals surface area contributed by atoms with Crippen LogP contribution in [0.4, 0.5) is 0 Å². The van der Waals surface area contributed by atoms with Gasteiger partial charge in [-0.1, -0.05) is 38.3 Å². The van der Waals surface area contributed by atoms with Crippen molar-refractivity contribution in [1.82, 2.24) is 5.32 Å². The minimum absolute atomic E-state index is 0.0867. The number of unbranched alkanes of at least 4 members (excludes halogenated alkanes) is 2. The fraction of sp³-hybridized carbons (Fsp3) is 0.909. The van der Waals surface area contributed by atoms with Gasteiger partial charge >= 0.3 is 0 Å². The first-order valence-electron chi connectivity index (χ1n) is 5.82. The molecule has 0 spiro atoms. The zero-order chi connectivity index (χ0) is 11.7. The van der Waals surface area contributed by atoms with Gasteiger partial charge in [-0.25, -0.2) is 0 Å². The van der Waals surface area contributed by atoms with Gasteiger partial charge in [-0.3, -0.25) is 0 Å². The highest BCUT2D eigenvalue weighted by atomic mass is 16.4. The Morgan fingerprint density at radius 1 is 1.40 bits per heavy atom. The standard InChI is InChI=1S/C11H25N3O/c1-4-5-6-7-10(3)13-8-9(2)11(12)14-15/h9-10,13,15H,4-8H2,1-3H3,(H2,12,14). The molecule has 0 saturated carbocycles. The molecule has 15 heavy (non-hydrogen) atoms. The number of amidine groups is 1. The third-order valence-corrected chi connectivity index (χ3v) is 2.63. The van der Waals surface area contributed by atoms with Gasteiger partial charge in [0.15, 0.2) is 0 Å². The van der Waals surface area contributed by atoms with Crippen molar-refractivity contribution in [3.8, 4) is 0 Å². The monoisotopic (exact) mass is 215 g/mol. The van der Waals surface area contributed by atoms with Crippen LogP contribution in [0.2, 0.25) is 0 Å². The first-order chi connectivity index (χ1) is 7.11. The Balaban J connectivity index is 3.57. The topological polar surface area (TPSA) is 70.6 Å². The molecule has 0 aliphatic carbocycles. The number of rotatable bonds is 8. The van der Waals surface area contributed by atoms with E-state index in [4.69, 9.17) is 10.9 Å². The fourth-order valence-corrected chi connectivity index (χ4v) is 1.38. The maximum atomic E-state index is 8.48. The minimum Gasteiger partial charge on any atom is -0.409 e. The lowest BCUT2D eigenvalue weighted by atomic mass is 10.1. The molecule has 0 radical (unpaired) electrons. The van der Waals surface area contributed by atoms with Gasteiger partial charge in [-0.05, 0) is 13.3 Å². The second-order valence-corrected chi connectivity index (χ2v) is 4.23. The van der Waals surface area contributed by atoms with Crippen LogP contribution in [0, 0.1) is 5.92 Å². The molecule has 0 rings (SSSR count). The highest BCUT2D eigenvalue weighted by molar-refractivity contribution is 5.82. The predicted molar refractivity (Wildman–Crippen MR) is 64.2 cm³/mol. The number of hydrogen-bond donors (Lipinski definition) is 3. The SMILES string of the molecule is CCCCCC(C)NCC(C)C(N)=NO. The van der Waals surface area contributed by atoms with E-state index in [1.54, 1.807) is 0 Å². The summed E-state index contributed by atoms with van der Waals surface area (Å²) in [5.41, 5.74) is 5.48. The fourth-order valence-electron chi connectivity index (χ4n) is 1.38. The van der Waals surface area contributed by atoms with E-state index >= 15 is 0 Å². The van der Waals surface area contributed by atoms with Crippen molar-refractivity contribution in [2.45, 2.75) is 52.5 Å². The van der Waals surface area contributed by atoms with E-state index in [0.29, 0.717) is 11.9 Å². The summed E-state index contributed by atoms with van der Waals surface area (Å²) >= 11 is 0. The number of nitrogens with zero attached hydrogens (tertiary/aromatic N) is 1. The molecule has 4 heteroatoms. The largest absolute Gasteiger partial charge is 0.409 e. The van der Waals surface area contributed by atoms with E-state index in [0.717, 1.165) is 6.54 Å². The summed E-state index contributed by atoms with van der Waals surface area (Å²) in [5.74, 6) is 0.381. The molecular weight excluding hydrogens is 190 g/mol. The van der Waals surface area contributed by atoms with Crippen LogP contribution in [0.1, 0.15) is 46.5 Å². The molecule has 0 saturated heterocycles. The smallest absolute Gasteiger partial charge is 0.143 e. The zero-order valence-corrected chi connectivity index (χ0v) is 10.2. The van der Waals surface area contributed by atoms with E-state index in [-0.39, 0.29) is 5.92 Å². The first-order valence-corrected chi connectivity index (χ1v) is 5.82. The third-order valence-electron chi connectivity index (χ3n) is 2.63. The maximum Gasteiger partial charge on any atom is 0.143 e. The van der Waals surface area contributed by atoms with Crippen LogP contribution >= 0.6 is 0 Å². The highest BCUT2D eigenvalue weighted by Gasteiger charge is 2.08. The number of nitrogens with two attached hydrogens (primary N) is 1. The van der Waals surface area contributed by atoms with Crippen LogP contribution in [0.3, 0.4) is 0 Å². The van der Waals surface area contributed by atoms with E-state index in [9.17, 15) is 0 Å². The Labute approximate surface area is 92.9 Å². The van der Waals surface area contributed by atoms with Crippen molar-refractivity contribution < 1.29 is 5.21 Å². The Morgan fingerprint density at radius 2 is 2.07 bits per heavy atom. The van der Waals surface area contributed by atoms with Crippen LogP contribution < -0.4 is 11.1 Å². The summed E-state index contributed by atoms with van der Waals surface area (Å²) in [6.07, 6.45) is 5.01. The van der Waals surface area contributed by atoms with Gasteiger partial charge in [0.25, 0.3) is 0 Å². The maximum absolute atomic E-state index is 8.48. The van der Waals surface area contributed by atoms with Crippen molar-refractivity contribution in [2.24, 2.45) is 16.8 Å². The van der Waals surface area contributed by atoms with Gasteiger partial charge in [0, 0.05) is 18.5 Å². The van der Waals surface area contributed by atoms with Gasteiger partial charge < -0.3 is 16.3 Å². The summed E-state index contributed by atoms with van der Waals surface area (Å²) in [7, 11) is 0. The normalized spacial score (nSPS) is 16.3. The van der Waals surface area contributed by atoms with Crippen LogP contribution in [0.15, 0.2) is 5.16 Å². The summed E-state index contributed by atoms with van der Waals surface area (Å²) in [6.45, 7) is 7.09. The van der Waals surface area contributed by atoms with Gasteiger partial charge in [-0.15, -0.1) is 0 Å². The second-order valence-electron chi connectivity index (χ2n) is 4.23. The Morgan fingerprint density at radius 3 is 2.60 bits per heavy atom. The molecule has 0 aromatic rings. The number of oxime groups is 1. The Hall–Kier alpha value is -0.770. The molecule has 0 aliphatic rings. The van der Waals surface area contributed by atoms with Crippen molar-refractivity contribution in [3.63, 3.8) is 0 Å². The quantitative estimate of drug-likeness (QED) is 0.190. The second kappa shape index (κ2) is 8.53. The van der Waals surface area contributed by atoms with E-state index in [2.05, 4.69) is 24.3 Å². The summed E-state index contributed by atoms with van der Waals surface area (Å²) < 4.78 is 0. The molecule has 0 fully saturated rings. The molecule has 0 bridgehead atoms. The van der Waals surface area contributed by atoms with E-state index in [1.165, 1.54) is 25.7 Å². The lowest BCUT2D eigenvalue weighted by Crippen LogP contribution is -2.35. The van der Waals surface area contributed by atoms with Crippen molar-refractivity contribution in [2.75, 3.05) is 6.54 Å². The summed E-state index contributed by atoms with van der Waals surface area (Å²) in [6, 6.07) is 0.505. The van der Waals surface area contributed by atoms with E-state index < -0.39 is 0 Å². The predicted octanol–water partition coefficient (Wildman–Crippen LogP) is 1.93. The highest BCUT2D eigenvalue weighted by Crippen LogP contribution is 2.03. The average molecular weight is 215 g/mol. The van der Waals surface area contributed by atoms with Gasteiger partial charge in [0.1, 0.15) is 5.84 Å². The Kier molecular flexibility index (Phi) is 8.09. The molecule has 90 valence electrons. The summed E-state index contributed by atoms with van der Waals surface area (Å²) in [5, 5.41) is 14.9. The molecule has 0 aromatic heterocycles. The molecule has 0 amide bonds. The van der Waals surface area contributed by atoms with Crippen molar-refractivity contribution >= 4 is 5.84 Å². The minimum atomic E-state index is 0.0867. The van der Waals surface area contributed by atoms with Crippen molar-refractivity contribution in [3.05, 3.63) is 0 Å². The molecule has 0 aromatic carbocycles. The Bertz CT molecular complexity index is 183. The molecule has 4 nitrogen and oxygen atoms in total. The van der Waals surface area contributed by atoms with Crippen LogP contribution in [-0.4, -0.2) is 23.6 Å². The average Bonchev–Trinajstić information content (AvgIpc) is 2.25. The number of nitrogens with one attached hydrogen (secondary N) is 1. The summed E-state index contributed by atoms with van der Waals surface area (Å²) in [4.78, 5) is 0. The van der Waals surface area contributed by atoms with Crippen LogP contribution in [0.25, 0.3) is 0 Å². The number of hydrogen-bond acceptors (Lipinski definition) is 3. The third kappa shape index (κ3) is 7.19. The molecular formula is C11H25N3O. The lowest BCUT2D eigenvalue weighted by Gasteiger charge is -2.16. The van der Waals surface area contributed by atoms with Gasteiger partial charge in [0.2, 0.25) is 0 Å². The van der Waals surface area contributed by atoms with Gasteiger partial charge in [-0.2, -0.15) is 0 Å². The molecule has 4 N–H and O–H groups in total. The lowest BCUT2D eigenvalue weighted by molar-refractivity contribution is 0.313. The van der Waals surface area contributed by atoms with Crippen LogP contribution in [0.5, 0.6) is 0 Å². The van der Waals surface area contributed by atoms with E-state index in [1.807, 2.05) is 6.92 Å². The zero-order valence-electron chi connectivity index (χ0n) is 10.2. The molecule has 2 unspecified atom stereocenters. The van der Waals surface area contributed by atoms with Crippen LogP contribution in [-0.2, 0) is 0 Å². The molecule has 0 heterocycles. The molecule has 0 aliphatic heterocycles. The van der Waals surface area contributed by atoms with Gasteiger partial charge in [0.05, 0.1) is 0 Å². The van der Waals surface area contributed by atoms with Crippen molar-refractivity contribution in [1.29, 1.82) is 0 Å². The first kappa shape index (κ1) is 14.2.